The lowest BCUT2D eigenvalue weighted by Crippen LogP contribution is -2.12. The summed E-state index contributed by atoms with van der Waals surface area (Å²) in [5, 5.41) is -0.0240. The molecular weight excluding hydrogens is 250 g/mol. The van der Waals surface area contributed by atoms with Crippen LogP contribution in [-0.2, 0) is 9.84 Å². The summed E-state index contributed by atoms with van der Waals surface area (Å²) in [5.74, 6) is 0.217. The van der Waals surface area contributed by atoms with E-state index in [4.69, 9.17) is 16.3 Å². The van der Waals surface area contributed by atoms with Gasteiger partial charge in [0.2, 0.25) is 9.84 Å². The van der Waals surface area contributed by atoms with Gasteiger partial charge in [-0.3, -0.25) is 0 Å². The molecule has 0 radical (unpaired) electrons. The monoisotopic (exact) mass is 263 g/mol. The second-order valence-corrected chi connectivity index (χ2v) is 5.57. The average molecular weight is 264 g/mol. The minimum atomic E-state index is -3.44. The van der Waals surface area contributed by atoms with Gasteiger partial charge in [-0.25, -0.2) is 13.4 Å². The number of halogens is 1. The van der Waals surface area contributed by atoms with E-state index in [1.54, 1.807) is 12.1 Å². The fourth-order valence-electron chi connectivity index (χ4n) is 1.13. The summed E-state index contributed by atoms with van der Waals surface area (Å²) in [6.07, 6.45) is 2.24. The van der Waals surface area contributed by atoms with Crippen molar-refractivity contribution in [2.45, 2.75) is 18.4 Å². The van der Waals surface area contributed by atoms with E-state index in [9.17, 15) is 8.42 Å². The molecule has 4 nitrogen and oxygen atoms in total. The summed E-state index contributed by atoms with van der Waals surface area (Å²) in [6, 6.07) is 3.24. The summed E-state index contributed by atoms with van der Waals surface area (Å²) in [4.78, 5) is 3.85. The normalized spacial score (nSPS) is 11.4. The molecule has 16 heavy (non-hydrogen) atoms. The van der Waals surface area contributed by atoms with Crippen LogP contribution in [0.3, 0.4) is 0 Å². The third-order valence-corrected chi connectivity index (χ3v) is 3.89. The zero-order chi connectivity index (χ0) is 12.0. The van der Waals surface area contributed by atoms with Crippen LogP contribution in [0.25, 0.3) is 0 Å². The molecule has 0 aromatic carbocycles. The van der Waals surface area contributed by atoms with Crippen molar-refractivity contribution in [3.8, 4) is 5.75 Å². The molecule has 0 unspecified atom stereocenters. The maximum Gasteiger partial charge on any atom is 0.200 e. The van der Waals surface area contributed by atoms with E-state index < -0.39 is 9.84 Å². The largest absolute Gasteiger partial charge is 0.491 e. The molecule has 0 atom stereocenters. The summed E-state index contributed by atoms with van der Waals surface area (Å²) in [5.41, 5.74) is 0. The zero-order valence-electron chi connectivity index (χ0n) is 9.02. The Labute approximate surface area is 101 Å². The SMILES string of the molecule is CCCOc1cccnc1S(=O)(=O)CCCl. The van der Waals surface area contributed by atoms with E-state index in [-0.39, 0.29) is 16.7 Å². The minimum Gasteiger partial charge on any atom is -0.491 e. The van der Waals surface area contributed by atoms with Crippen LogP contribution in [0.15, 0.2) is 23.4 Å². The molecule has 0 spiro atoms. The Kier molecular flexibility index (Phi) is 5.02. The van der Waals surface area contributed by atoms with Gasteiger partial charge < -0.3 is 4.74 Å². The first kappa shape index (κ1) is 13.3. The highest BCUT2D eigenvalue weighted by molar-refractivity contribution is 7.91. The standard InChI is InChI=1S/C10H14ClNO3S/c1-2-7-15-9-4-3-6-12-10(9)16(13,14)8-5-11/h3-4,6H,2,5,7-8H2,1H3. The fraction of sp³-hybridized carbons (Fsp3) is 0.500. The van der Waals surface area contributed by atoms with Gasteiger partial charge in [0.1, 0.15) is 0 Å². The third kappa shape index (κ3) is 3.35. The van der Waals surface area contributed by atoms with Crippen molar-refractivity contribution < 1.29 is 13.2 Å². The van der Waals surface area contributed by atoms with Crippen molar-refractivity contribution in [2.75, 3.05) is 18.2 Å². The zero-order valence-corrected chi connectivity index (χ0v) is 10.6. The molecule has 1 rings (SSSR count). The molecule has 0 aliphatic carbocycles. The number of sulfone groups is 1. The number of nitrogens with zero attached hydrogens (tertiary/aromatic N) is 1. The first-order valence-electron chi connectivity index (χ1n) is 4.98. The molecule has 0 fully saturated rings. The molecule has 0 aliphatic heterocycles. The Balaban J connectivity index is 3.03. The number of hydrogen-bond donors (Lipinski definition) is 0. The fourth-order valence-corrected chi connectivity index (χ4v) is 2.79. The van der Waals surface area contributed by atoms with E-state index in [1.807, 2.05) is 6.92 Å². The van der Waals surface area contributed by atoms with Gasteiger partial charge in [0, 0.05) is 12.1 Å². The van der Waals surface area contributed by atoms with Crippen LogP contribution >= 0.6 is 11.6 Å². The van der Waals surface area contributed by atoms with Crippen LogP contribution in [0.5, 0.6) is 5.75 Å². The van der Waals surface area contributed by atoms with E-state index >= 15 is 0 Å². The van der Waals surface area contributed by atoms with Crippen molar-refractivity contribution in [1.29, 1.82) is 0 Å². The topological polar surface area (TPSA) is 56.3 Å². The van der Waals surface area contributed by atoms with Crippen LogP contribution in [0.1, 0.15) is 13.3 Å². The van der Waals surface area contributed by atoms with E-state index in [0.29, 0.717) is 12.4 Å². The number of ether oxygens (including phenoxy) is 1. The summed E-state index contributed by atoms with van der Waals surface area (Å²) < 4.78 is 28.9. The van der Waals surface area contributed by atoms with Gasteiger partial charge in [-0.15, -0.1) is 11.6 Å². The van der Waals surface area contributed by atoms with E-state index in [2.05, 4.69) is 4.98 Å². The van der Waals surface area contributed by atoms with Crippen LogP contribution < -0.4 is 4.74 Å². The van der Waals surface area contributed by atoms with Gasteiger partial charge in [0.15, 0.2) is 10.8 Å². The maximum atomic E-state index is 11.8. The molecular formula is C10H14ClNO3S. The smallest absolute Gasteiger partial charge is 0.200 e. The summed E-state index contributed by atoms with van der Waals surface area (Å²) in [6.45, 7) is 2.42. The molecule has 1 aromatic rings. The lowest BCUT2D eigenvalue weighted by molar-refractivity contribution is 0.306. The van der Waals surface area contributed by atoms with Crippen LogP contribution in [0.2, 0.25) is 0 Å². The Morgan fingerprint density at radius 1 is 1.50 bits per heavy atom. The molecule has 90 valence electrons. The van der Waals surface area contributed by atoms with Crippen LogP contribution in [-0.4, -0.2) is 31.6 Å². The molecule has 0 saturated carbocycles. The molecule has 6 heteroatoms. The Bertz CT molecular complexity index is 433. The predicted molar refractivity (Wildman–Crippen MR) is 62.8 cm³/mol. The Morgan fingerprint density at radius 2 is 2.25 bits per heavy atom. The summed E-state index contributed by atoms with van der Waals surface area (Å²) >= 11 is 5.44. The number of rotatable bonds is 6. The second kappa shape index (κ2) is 6.06. The number of hydrogen-bond acceptors (Lipinski definition) is 4. The molecule has 1 aromatic heterocycles. The van der Waals surface area contributed by atoms with Gasteiger partial charge >= 0.3 is 0 Å². The van der Waals surface area contributed by atoms with Crippen molar-refractivity contribution in [3.63, 3.8) is 0 Å². The first-order valence-corrected chi connectivity index (χ1v) is 7.17. The van der Waals surface area contributed by atoms with Gasteiger partial charge in [0.05, 0.1) is 12.4 Å². The quantitative estimate of drug-likeness (QED) is 0.736. The van der Waals surface area contributed by atoms with Crippen LogP contribution in [0, 0.1) is 0 Å². The maximum absolute atomic E-state index is 11.8. The average Bonchev–Trinajstić information content (AvgIpc) is 2.26. The molecule has 0 N–H and O–H groups in total. The summed E-state index contributed by atoms with van der Waals surface area (Å²) in [7, 11) is -3.44. The molecule has 0 saturated heterocycles. The van der Waals surface area contributed by atoms with Crippen molar-refractivity contribution >= 4 is 21.4 Å². The lowest BCUT2D eigenvalue weighted by atomic mass is 10.4. The molecule has 0 bridgehead atoms. The lowest BCUT2D eigenvalue weighted by Gasteiger charge is -2.09. The van der Waals surface area contributed by atoms with Gasteiger partial charge in [-0.2, -0.15) is 0 Å². The second-order valence-electron chi connectivity index (χ2n) is 3.16. The van der Waals surface area contributed by atoms with E-state index in [0.717, 1.165) is 6.42 Å². The third-order valence-electron chi connectivity index (χ3n) is 1.84. The highest BCUT2D eigenvalue weighted by atomic mass is 35.5. The van der Waals surface area contributed by atoms with E-state index in [1.165, 1.54) is 6.20 Å². The van der Waals surface area contributed by atoms with Crippen molar-refractivity contribution in [1.82, 2.24) is 4.98 Å². The highest BCUT2D eigenvalue weighted by Crippen LogP contribution is 2.22. The first-order chi connectivity index (χ1) is 7.61. The number of pyridine rings is 1. The number of alkyl halides is 1. The van der Waals surface area contributed by atoms with Gasteiger partial charge in [0.25, 0.3) is 0 Å². The number of aromatic nitrogens is 1. The van der Waals surface area contributed by atoms with Crippen molar-refractivity contribution in [2.24, 2.45) is 0 Å². The van der Waals surface area contributed by atoms with Gasteiger partial charge in [-0.05, 0) is 18.6 Å². The molecule has 0 amide bonds. The van der Waals surface area contributed by atoms with Gasteiger partial charge in [-0.1, -0.05) is 6.92 Å². The highest BCUT2D eigenvalue weighted by Gasteiger charge is 2.20. The Morgan fingerprint density at radius 3 is 2.88 bits per heavy atom. The van der Waals surface area contributed by atoms with Crippen molar-refractivity contribution in [3.05, 3.63) is 18.3 Å². The molecule has 1 heterocycles. The molecule has 0 aliphatic rings. The van der Waals surface area contributed by atoms with Crippen LogP contribution in [0.4, 0.5) is 0 Å². The minimum absolute atomic E-state index is 0.0240. The Hall–Kier alpha value is -0.810. The predicted octanol–water partition coefficient (Wildman–Crippen LogP) is 1.88.